The van der Waals surface area contributed by atoms with Crippen molar-refractivity contribution in [2.24, 2.45) is 5.92 Å². The molecule has 2 unspecified atom stereocenters. The average Bonchev–Trinajstić information content (AvgIpc) is 3.01. The van der Waals surface area contributed by atoms with Crippen LogP contribution >= 0.6 is 11.3 Å². The summed E-state index contributed by atoms with van der Waals surface area (Å²) < 4.78 is 6.55. The van der Waals surface area contributed by atoms with Gasteiger partial charge in [0.2, 0.25) is 0 Å². The number of nitrogens with one attached hydrogen (secondary N) is 1. The summed E-state index contributed by atoms with van der Waals surface area (Å²) in [6.45, 7) is 3.48. The minimum Gasteiger partial charge on any atom is -0.397 e. The third kappa shape index (κ3) is 2.39. The molecule has 1 saturated heterocycles. The van der Waals surface area contributed by atoms with E-state index in [0.29, 0.717) is 23.0 Å². The van der Waals surface area contributed by atoms with Gasteiger partial charge in [-0.05, 0) is 19.4 Å². The Kier molecular flexibility index (Phi) is 3.63. The Hall–Kier alpha value is -1.59. The number of thiophene rings is 1. The van der Waals surface area contributed by atoms with E-state index in [2.05, 4.69) is 12.2 Å². The zero-order valence-corrected chi connectivity index (χ0v) is 12.2. The number of ether oxygens (including phenoxy) is 1. The molecule has 0 bridgehead atoms. The van der Waals surface area contributed by atoms with Crippen molar-refractivity contribution in [3.63, 3.8) is 0 Å². The Morgan fingerprint density at radius 3 is 3.00 bits per heavy atom. The first-order valence-electron chi connectivity index (χ1n) is 6.83. The number of carbonyl (C=O) groups is 1. The van der Waals surface area contributed by atoms with E-state index in [9.17, 15) is 4.79 Å². The van der Waals surface area contributed by atoms with Gasteiger partial charge in [-0.1, -0.05) is 18.2 Å². The summed E-state index contributed by atoms with van der Waals surface area (Å²) in [6, 6.07) is 7.83. The maximum Gasteiger partial charge on any atom is 0.263 e. The Morgan fingerprint density at radius 2 is 2.30 bits per heavy atom. The van der Waals surface area contributed by atoms with Gasteiger partial charge in [-0.3, -0.25) is 4.79 Å². The molecule has 106 valence electrons. The molecule has 2 aromatic rings. The number of anilines is 1. The maximum atomic E-state index is 12.3. The molecule has 2 atom stereocenters. The van der Waals surface area contributed by atoms with Gasteiger partial charge in [0.05, 0.1) is 11.8 Å². The predicted molar refractivity (Wildman–Crippen MR) is 82.1 cm³/mol. The summed E-state index contributed by atoms with van der Waals surface area (Å²) in [6.07, 6.45) is 1.22. The molecule has 1 aliphatic heterocycles. The Morgan fingerprint density at radius 1 is 1.50 bits per heavy atom. The third-order valence-corrected chi connectivity index (χ3v) is 5.08. The molecule has 1 aliphatic rings. The first-order valence-corrected chi connectivity index (χ1v) is 7.65. The van der Waals surface area contributed by atoms with Gasteiger partial charge in [-0.2, -0.15) is 0 Å². The highest BCUT2D eigenvalue weighted by Gasteiger charge is 2.25. The number of amides is 1. The summed E-state index contributed by atoms with van der Waals surface area (Å²) in [5.74, 6) is 0.317. The van der Waals surface area contributed by atoms with Gasteiger partial charge in [0.25, 0.3) is 5.91 Å². The van der Waals surface area contributed by atoms with E-state index in [1.807, 2.05) is 24.3 Å². The highest BCUT2D eigenvalue weighted by atomic mass is 32.1. The standard InChI is InChI=1S/C15H18N2O2S/c1-9-10(6-7-19-9)8-17-15(18)14-13(16)11-4-2-3-5-12(11)20-14/h2-5,9-10H,6-8,16H2,1H3,(H,17,18). The lowest BCUT2D eigenvalue weighted by Gasteiger charge is -2.14. The van der Waals surface area contributed by atoms with Crippen LogP contribution in [0, 0.1) is 5.92 Å². The fourth-order valence-electron chi connectivity index (χ4n) is 2.58. The Balaban J connectivity index is 1.74. The maximum absolute atomic E-state index is 12.3. The summed E-state index contributed by atoms with van der Waals surface area (Å²) in [5, 5.41) is 3.94. The highest BCUT2D eigenvalue weighted by Crippen LogP contribution is 2.33. The molecule has 0 spiro atoms. The SMILES string of the molecule is CC1OCCC1CNC(=O)c1sc2ccccc2c1N. The zero-order chi connectivity index (χ0) is 14.1. The van der Waals surface area contributed by atoms with Crippen molar-refractivity contribution < 1.29 is 9.53 Å². The van der Waals surface area contributed by atoms with E-state index in [4.69, 9.17) is 10.5 Å². The van der Waals surface area contributed by atoms with Crippen LogP contribution in [-0.4, -0.2) is 25.2 Å². The van der Waals surface area contributed by atoms with Crippen LogP contribution in [0.4, 0.5) is 5.69 Å². The molecule has 1 aromatic carbocycles. The summed E-state index contributed by atoms with van der Waals surface area (Å²) in [4.78, 5) is 12.9. The lowest BCUT2D eigenvalue weighted by Crippen LogP contribution is -2.31. The van der Waals surface area contributed by atoms with Crippen molar-refractivity contribution in [2.75, 3.05) is 18.9 Å². The number of rotatable bonds is 3. The van der Waals surface area contributed by atoms with Crippen molar-refractivity contribution in [1.29, 1.82) is 0 Å². The first kappa shape index (κ1) is 13.4. The second-order valence-corrected chi connectivity index (χ2v) is 6.23. The van der Waals surface area contributed by atoms with Crippen molar-refractivity contribution in [3.8, 4) is 0 Å². The smallest absolute Gasteiger partial charge is 0.263 e. The molecule has 4 nitrogen and oxygen atoms in total. The Bertz CT molecular complexity index is 638. The minimum atomic E-state index is -0.0807. The molecule has 1 aromatic heterocycles. The van der Waals surface area contributed by atoms with Crippen LogP contribution in [-0.2, 0) is 4.74 Å². The van der Waals surface area contributed by atoms with Crippen molar-refractivity contribution in [3.05, 3.63) is 29.1 Å². The number of nitrogens with two attached hydrogens (primary N) is 1. The number of carbonyl (C=O) groups excluding carboxylic acids is 1. The zero-order valence-electron chi connectivity index (χ0n) is 11.4. The molecule has 0 radical (unpaired) electrons. The molecular formula is C15H18N2O2S. The fraction of sp³-hybridized carbons (Fsp3) is 0.400. The second-order valence-electron chi connectivity index (χ2n) is 5.18. The van der Waals surface area contributed by atoms with Crippen LogP contribution in [0.5, 0.6) is 0 Å². The quantitative estimate of drug-likeness (QED) is 0.913. The summed E-state index contributed by atoms with van der Waals surface area (Å²) >= 11 is 1.45. The van der Waals surface area contributed by atoms with Crippen molar-refractivity contribution >= 4 is 33.0 Å². The molecule has 3 N–H and O–H groups in total. The molecule has 20 heavy (non-hydrogen) atoms. The van der Waals surface area contributed by atoms with Gasteiger partial charge < -0.3 is 15.8 Å². The third-order valence-electron chi connectivity index (χ3n) is 3.90. The molecule has 3 rings (SSSR count). The topological polar surface area (TPSA) is 64.3 Å². The Labute approximate surface area is 121 Å². The molecular weight excluding hydrogens is 272 g/mol. The lowest BCUT2D eigenvalue weighted by atomic mass is 10.0. The van der Waals surface area contributed by atoms with Crippen LogP contribution in [0.25, 0.3) is 10.1 Å². The van der Waals surface area contributed by atoms with Crippen LogP contribution in [0.2, 0.25) is 0 Å². The minimum absolute atomic E-state index is 0.0807. The lowest BCUT2D eigenvalue weighted by molar-refractivity contribution is 0.0911. The summed E-state index contributed by atoms with van der Waals surface area (Å²) in [5.41, 5.74) is 6.66. The molecule has 5 heteroatoms. The van der Waals surface area contributed by atoms with E-state index < -0.39 is 0 Å². The highest BCUT2D eigenvalue weighted by molar-refractivity contribution is 7.21. The molecule has 0 aliphatic carbocycles. The van der Waals surface area contributed by atoms with Gasteiger partial charge >= 0.3 is 0 Å². The predicted octanol–water partition coefficient (Wildman–Crippen LogP) is 2.64. The van der Waals surface area contributed by atoms with Crippen LogP contribution in [0.15, 0.2) is 24.3 Å². The van der Waals surface area contributed by atoms with Crippen LogP contribution in [0.3, 0.4) is 0 Å². The van der Waals surface area contributed by atoms with Gasteiger partial charge in [0.15, 0.2) is 0 Å². The average molecular weight is 290 g/mol. The number of fused-ring (bicyclic) bond motifs is 1. The summed E-state index contributed by atoms with van der Waals surface area (Å²) in [7, 11) is 0. The molecule has 2 heterocycles. The fourth-order valence-corrected chi connectivity index (χ4v) is 3.62. The van der Waals surface area contributed by atoms with Gasteiger partial charge in [-0.15, -0.1) is 11.3 Å². The monoisotopic (exact) mass is 290 g/mol. The van der Waals surface area contributed by atoms with Crippen LogP contribution < -0.4 is 11.1 Å². The number of hydrogen-bond donors (Lipinski definition) is 2. The first-order chi connectivity index (χ1) is 9.66. The van der Waals surface area contributed by atoms with Gasteiger partial charge in [-0.25, -0.2) is 0 Å². The van der Waals surface area contributed by atoms with E-state index >= 15 is 0 Å². The largest absolute Gasteiger partial charge is 0.397 e. The van der Waals surface area contributed by atoms with Crippen LogP contribution in [0.1, 0.15) is 23.0 Å². The van der Waals surface area contributed by atoms with Gasteiger partial charge in [0.1, 0.15) is 4.88 Å². The molecule has 1 amide bonds. The van der Waals surface area contributed by atoms with E-state index in [-0.39, 0.29) is 12.0 Å². The van der Waals surface area contributed by atoms with E-state index in [0.717, 1.165) is 23.1 Å². The van der Waals surface area contributed by atoms with E-state index in [1.165, 1.54) is 11.3 Å². The second kappa shape index (κ2) is 5.42. The van der Waals surface area contributed by atoms with Crippen molar-refractivity contribution in [2.45, 2.75) is 19.4 Å². The normalized spacial score (nSPS) is 22.2. The van der Waals surface area contributed by atoms with E-state index in [1.54, 1.807) is 0 Å². The number of nitrogen functional groups attached to an aromatic ring is 1. The van der Waals surface area contributed by atoms with Gasteiger partial charge in [0, 0.05) is 29.2 Å². The number of benzene rings is 1. The number of hydrogen-bond acceptors (Lipinski definition) is 4. The molecule has 1 fully saturated rings. The van der Waals surface area contributed by atoms with Crippen molar-refractivity contribution in [1.82, 2.24) is 5.32 Å². The molecule has 0 saturated carbocycles.